The zero-order valence-corrected chi connectivity index (χ0v) is 22.5. The van der Waals surface area contributed by atoms with Gasteiger partial charge in [-0.2, -0.15) is 14.6 Å². The van der Waals surface area contributed by atoms with Crippen LogP contribution in [0.2, 0.25) is 0 Å². The Morgan fingerprint density at radius 3 is 2.69 bits per heavy atom. The summed E-state index contributed by atoms with van der Waals surface area (Å²) in [6, 6.07) is 5.00. The van der Waals surface area contributed by atoms with Crippen LogP contribution in [-0.2, 0) is 13.1 Å². The van der Waals surface area contributed by atoms with E-state index in [2.05, 4.69) is 56.6 Å². The number of aromatic nitrogens is 9. The fourth-order valence-corrected chi connectivity index (χ4v) is 5.12. The number of nitrogens with two attached hydrogens (primary N) is 1. The van der Waals surface area contributed by atoms with Crippen molar-refractivity contribution in [3.63, 3.8) is 0 Å². The summed E-state index contributed by atoms with van der Waals surface area (Å²) in [6.07, 6.45) is 8.05. The minimum absolute atomic E-state index is 0.207. The second kappa shape index (κ2) is 10.6. The SMILES string of the molecule is C=NCc1nc(-c2ccc(F)c(N3CCN(CCn4ncc5c4nc(N)n4nc(-c6cnccn6)nc54)CC3)c2)co1. The molecule has 42 heavy (non-hydrogen) atoms. The lowest BCUT2D eigenvalue weighted by Crippen LogP contribution is -2.47. The summed E-state index contributed by atoms with van der Waals surface area (Å²) >= 11 is 0. The van der Waals surface area contributed by atoms with Gasteiger partial charge in [0, 0.05) is 50.7 Å². The van der Waals surface area contributed by atoms with Crippen molar-refractivity contribution in [3.05, 3.63) is 61.0 Å². The Hall–Kier alpha value is -5.31. The first kappa shape index (κ1) is 25.6. The third-order valence-corrected chi connectivity index (χ3v) is 7.27. The number of anilines is 2. The van der Waals surface area contributed by atoms with Gasteiger partial charge in [-0.15, -0.1) is 5.10 Å². The fraction of sp³-hybridized carbons (Fsp3) is 0.259. The summed E-state index contributed by atoms with van der Waals surface area (Å²) in [7, 11) is 0. The summed E-state index contributed by atoms with van der Waals surface area (Å²) in [6.45, 7) is 8.02. The predicted molar refractivity (Wildman–Crippen MR) is 153 cm³/mol. The van der Waals surface area contributed by atoms with Crippen molar-refractivity contribution < 1.29 is 8.81 Å². The Bertz CT molecular complexity index is 1890. The van der Waals surface area contributed by atoms with Crippen LogP contribution in [0.15, 0.2) is 58.7 Å². The standard InChI is InChI=1S/C27H26FN13O/c1-30-15-23-34-21(16-42-23)17-2-3-19(28)22(12-17)39-9-6-38(7-10-39)8-11-40-25-18(13-33-40)26-35-24(20-14-31-4-5-32-20)37-41(26)27(29)36-25/h2-5,12-14,16H,1,6-11,15H2,(H2,29,36). The van der Waals surface area contributed by atoms with E-state index in [0.29, 0.717) is 66.3 Å². The highest BCUT2D eigenvalue weighted by atomic mass is 19.1. The van der Waals surface area contributed by atoms with Gasteiger partial charge in [0.15, 0.2) is 11.3 Å². The average Bonchev–Trinajstić information content (AvgIpc) is 3.77. The number of halogens is 1. The molecule has 0 spiro atoms. The van der Waals surface area contributed by atoms with Gasteiger partial charge in [0.1, 0.15) is 30.0 Å². The molecule has 7 rings (SSSR count). The fourth-order valence-electron chi connectivity index (χ4n) is 5.12. The van der Waals surface area contributed by atoms with E-state index in [4.69, 9.17) is 10.2 Å². The summed E-state index contributed by atoms with van der Waals surface area (Å²) in [4.78, 5) is 30.1. The molecule has 14 nitrogen and oxygen atoms in total. The maximum atomic E-state index is 14.8. The first-order valence-electron chi connectivity index (χ1n) is 13.4. The van der Waals surface area contributed by atoms with E-state index in [0.717, 1.165) is 30.6 Å². The molecule has 0 saturated carbocycles. The van der Waals surface area contributed by atoms with Crippen molar-refractivity contribution in [1.82, 2.24) is 49.2 Å². The van der Waals surface area contributed by atoms with Gasteiger partial charge in [0.25, 0.3) is 0 Å². The van der Waals surface area contributed by atoms with Crippen molar-refractivity contribution in [2.75, 3.05) is 43.4 Å². The molecule has 0 unspecified atom stereocenters. The van der Waals surface area contributed by atoms with Gasteiger partial charge < -0.3 is 15.1 Å². The summed E-state index contributed by atoms with van der Waals surface area (Å²) in [5, 5.41) is 9.76. The molecule has 0 atom stereocenters. The van der Waals surface area contributed by atoms with Crippen LogP contribution >= 0.6 is 0 Å². The summed E-state index contributed by atoms with van der Waals surface area (Å²) < 4.78 is 23.6. The first-order valence-corrected chi connectivity index (χ1v) is 13.4. The zero-order chi connectivity index (χ0) is 28.6. The summed E-state index contributed by atoms with van der Waals surface area (Å²) in [5.41, 5.74) is 9.95. The van der Waals surface area contributed by atoms with E-state index in [1.165, 1.54) is 10.6 Å². The molecule has 1 aliphatic heterocycles. The van der Waals surface area contributed by atoms with E-state index in [1.807, 2.05) is 10.7 Å². The maximum absolute atomic E-state index is 14.8. The normalized spacial score (nSPS) is 14.3. The molecule has 2 N–H and O–H groups in total. The number of oxazole rings is 1. The van der Waals surface area contributed by atoms with E-state index >= 15 is 0 Å². The molecule has 5 aromatic heterocycles. The molecule has 6 aromatic rings. The number of piperazine rings is 1. The van der Waals surface area contributed by atoms with Gasteiger partial charge in [-0.05, 0) is 24.9 Å². The maximum Gasteiger partial charge on any atom is 0.225 e. The molecule has 6 heterocycles. The first-order chi connectivity index (χ1) is 20.6. The van der Waals surface area contributed by atoms with Gasteiger partial charge in [-0.3, -0.25) is 14.9 Å². The van der Waals surface area contributed by atoms with Crippen LogP contribution in [0.1, 0.15) is 5.89 Å². The number of benzene rings is 1. The lowest BCUT2D eigenvalue weighted by atomic mass is 10.1. The minimum Gasteiger partial charge on any atom is -0.446 e. The van der Waals surface area contributed by atoms with E-state index in [9.17, 15) is 4.39 Å². The van der Waals surface area contributed by atoms with Gasteiger partial charge in [-0.1, -0.05) is 0 Å². The predicted octanol–water partition coefficient (Wildman–Crippen LogP) is 2.33. The molecule has 1 aromatic carbocycles. The van der Waals surface area contributed by atoms with E-state index < -0.39 is 0 Å². The number of aliphatic imine (C=N–C) groups is 1. The number of rotatable bonds is 8. The van der Waals surface area contributed by atoms with Crippen molar-refractivity contribution in [3.8, 4) is 22.8 Å². The van der Waals surface area contributed by atoms with Gasteiger partial charge in [0.05, 0.1) is 30.0 Å². The van der Waals surface area contributed by atoms with Crippen LogP contribution in [0.5, 0.6) is 0 Å². The minimum atomic E-state index is -0.266. The smallest absolute Gasteiger partial charge is 0.225 e. The third-order valence-electron chi connectivity index (χ3n) is 7.27. The molecular weight excluding hydrogens is 541 g/mol. The Balaban J connectivity index is 1.03. The van der Waals surface area contributed by atoms with Gasteiger partial charge in [-0.25, -0.2) is 24.0 Å². The van der Waals surface area contributed by atoms with Crippen molar-refractivity contribution in [2.45, 2.75) is 13.1 Å². The highest BCUT2D eigenvalue weighted by Crippen LogP contribution is 2.28. The molecule has 212 valence electrons. The van der Waals surface area contributed by atoms with Crippen LogP contribution in [0, 0.1) is 5.82 Å². The lowest BCUT2D eigenvalue weighted by Gasteiger charge is -2.36. The number of nitrogens with zero attached hydrogens (tertiary/aromatic N) is 12. The largest absolute Gasteiger partial charge is 0.446 e. The average molecular weight is 568 g/mol. The summed E-state index contributed by atoms with van der Waals surface area (Å²) in [5.74, 6) is 0.823. The number of hydrogen-bond acceptors (Lipinski definition) is 12. The number of fused-ring (bicyclic) bond motifs is 3. The van der Waals surface area contributed by atoms with Gasteiger partial charge >= 0.3 is 0 Å². The van der Waals surface area contributed by atoms with Crippen molar-refractivity contribution in [2.24, 2.45) is 4.99 Å². The Morgan fingerprint density at radius 2 is 1.88 bits per heavy atom. The molecule has 0 aliphatic carbocycles. The van der Waals surface area contributed by atoms with E-state index in [-0.39, 0.29) is 11.8 Å². The molecular formula is C27H26FN13O. The highest BCUT2D eigenvalue weighted by molar-refractivity contribution is 5.90. The molecule has 15 heteroatoms. The third kappa shape index (κ3) is 4.68. The molecule has 1 fully saturated rings. The van der Waals surface area contributed by atoms with Crippen LogP contribution in [0.4, 0.5) is 16.0 Å². The highest BCUT2D eigenvalue weighted by Gasteiger charge is 2.22. The van der Waals surface area contributed by atoms with Gasteiger partial charge in [0.2, 0.25) is 17.7 Å². The second-order valence-corrected chi connectivity index (χ2v) is 9.84. The Morgan fingerprint density at radius 1 is 1.00 bits per heavy atom. The van der Waals surface area contributed by atoms with Crippen molar-refractivity contribution >= 4 is 35.0 Å². The number of hydrogen-bond donors (Lipinski definition) is 1. The molecule has 1 aliphatic rings. The van der Waals surface area contributed by atoms with Crippen LogP contribution in [0.25, 0.3) is 39.5 Å². The Kier molecular flexibility index (Phi) is 6.46. The number of nitrogen functional groups attached to an aromatic ring is 1. The van der Waals surface area contributed by atoms with Crippen LogP contribution < -0.4 is 10.6 Å². The quantitative estimate of drug-likeness (QED) is 0.269. The van der Waals surface area contributed by atoms with E-state index in [1.54, 1.807) is 37.1 Å². The van der Waals surface area contributed by atoms with Crippen LogP contribution in [-0.4, -0.2) is 88.7 Å². The second-order valence-electron chi connectivity index (χ2n) is 9.84. The molecule has 1 saturated heterocycles. The topological polar surface area (TPSA) is 158 Å². The molecule has 0 amide bonds. The Labute approximate surface area is 238 Å². The monoisotopic (exact) mass is 567 g/mol. The molecule has 0 bridgehead atoms. The lowest BCUT2D eigenvalue weighted by molar-refractivity contribution is 0.245. The van der Waals surface area contributed by atoms with Crippen LogP contribution in [0.3, 0.4) is 0 Å². The van der Waals surface area contributed by atoms with Crippen molar-refractivity contribution in [1.29, 1.82) is 0 Å². The zero-order valence-electron chi connectivity index (χ0n) is 22.5. The molecule has 0 radical (unpaired) electrons.